The predicted molar refractivity (Wildman–Crippen MR) is 74.7 cm³/mol. The standard InChI is InChI=1S/C13H12Cl2N2O3/c1-7(18)6-17-11(19)13(2,16-12(17)20)9-4-3-8(14)5-10(9)15/h3-5H,6H2,1-2H3,(H,16,20). The summed E-state index contributed by atoms with van der Waals surface area (Å²) >= 11 is 11.9. The lowest BCUT2D eigenvalue weighted by atomic mass is 9.92. The number of imide groups is 1. The topological polar surface area (TPSA) is 66.5 Å². The van der Waals surface area contributed by atoms with E-state index in [0.29, 0.717) is 10.6 Å². The highest BCUT2D eigenvalue weighted by Crippen LogP contribution is 2.34. The van der Waals surface area contributed by atoms with Crippen molar-refractivity contribution in [3.63, 3.8) is 0 Å². The molecule has 0 aliphatic carbocycles. The van der Waals surface area contributed by atoms with Gasteiger partial charge in [-0.2, -0.15) is 0 Å². The normalized spacial score (nSPS) is 22.1. The maximum absolute atomic E-state index is 12.4. The molecule has 0 saturated carbocycles. The Balaban J connectivity index is 2.43. The number of hydrogen-bond acceptors (Lipinski definition) is 3. The number of nitrogens with one attached hydrogen (secondary N) is 1. The van der Waals surface area contributed by atoms with Crippen molar-refractivity contribution in [3.8, 4) is 0 Å². The molecule has 1 heterocycles. The fourth-order valence-electron chi connectivity index (χ4n) is 2.14. The number of Topliss-reactive ketones (excluding diaryl/α,β-unsaturated/α-hetero) is 1. The van der Waals surface area contributed by atoms with Crippen LogP contribution in [0.2, 0.25) is 10.0 Å². The Labute approximate surface area is 125 Å². The highest BCUT2D eigenvalue weighted by atomic mass is 35.5. The van der Waals surface area contributed by atoms with E-state index in [2.05, 4.69) is 5.32 Å². The molecule has 0 radical (unpaired) electrons. The van der Waals surface area contributed by atoms with E-state index in [1.54, 1.807) is 19.1 Å². The molecule has 0 aromatic heterocycles. The summed E-state index contributed by atoms with van der Waals surface area (Å²) in [5.41, 5.74) is -0.859. The minimum Gasteiger partial charge on any atom is -0.319 e. The minimum atomic E-state index is -1.30. The SMILES string of the molecule is CC(=O)CN1C(=O)NC(C)(c2ccc(Cl)cc2Cl)C1=O. The minimum absolute atomic E-state index is 0.258. The molecule has 0 spiro atoms. The van der Waals surface area contributed by atoms with Gasteiger partial charge in [-0.25, -0.2) is 4.79 Å². The smallest absolute Gasteiger partial charge is 0.319 e. The fourth-order valence-corrected chi connectivity index (χ4v) is 2.74. The fraction of sp³-hybridized carbons (Fsp3) is 0.308. The van der Waals surface area contributed by atoms with Gasteiger partial charge in [-0.1, -0.05) is 29.3 Å². The van der Waals surface area contributed by atoms with Gasteiger partial charge in [-0.3, -0.25) is 14.5 Å². The van der Waals surface area contributed by atoms with E-state index in [4.69, 9.17) is 23.2 Å². The lowest BCUT2D eigenvalue weighted by Gasteiger charge is -2.23. The molecule has 1 aromatic rings. The number of ketones is 1. The number of hydrogen-bond donors (Lipinski definition) is 1. The van der Waals surface area contributed by atoms with Gasteiger partial charge in [0.25, 0.3) is 5.91 Å². The summed E-state index contributed by atoms with van der Waals surface area (Å²) in [6.07, 6.45) is 0. The predicted octanol–water partition coefficient (Wildman–Crippen LogP) is 2.35. The summed E-state index contributed by atoms with van der Waals surface area (Å²) in [4.78, 5) is 36.3. The first-order chi connectivity index (χ1) is 9.25. The highest BCUT2D eigenvalue weighted by molar-refractivity contribution is 6.35. The van der Waals surface area contributed by atoms with Gasteiger partial charge >= 0.3 is 6.03 Å². The van der Waals surface area contributed by atoms with Gasteiger partial charge in [-0.15, -0.1) is 0 Å². The Bertz CT molecular complexity index is 618. The van der Waals surface area contributed by atoms with Crippen LogP contribution in [0.25, 0.3) is 0 Å². The molecule has 3 amide bonds. The first kappa shape index (κ1) is 14.8. The van der Waals surface area contributed by atoms with Gasteiger partial charge in [0.1, 0.15) is 11.3 Å². The van der Waals surface area contributed by atoms with Crippen molar-refractivity contribution in [1.29, 1.82) is 0 Å². The molecule has 1 saturated heterocycles. The van der Waals surface area contributed by atoms with Crippen LogP contribution >= 0.6 is 23.2 Å². The molecule has 1 fully saturated rings. The van der Waals surface area contributed by atoms with Gasteiger partial charge in [0.05, 0.1) is 6.54 Å². The number of rotatable bonds is 3. The first-order valence-corrected chi connectivity index (χ1v) is 6.60. The monoisotopic (exact) mass is 314 g/mol. The maximum Gasteiger partial charge on any atom is 0.325 e. The molecule has 1 atom stereocenters. The van der Waals surface area contributed by atoms with E-state index in [-0.39, 0.29) is 17.4 Å². The Morgan fingerprint density at radius 3 is 2.55 bits per heavy atom. The van der Waals surface area contributed by atoms with Crippen LogP contribution in [0.1, 0.15) is 19.4 Å². The van der Waals surface area contributed by atoms with Crippen molar-refractivity contribution in [2.24, 2.45) is 0 Å². The second-order valence-corrected chi connectivity index (χ2v) is 5.62. The quantitative estimate of drug-likeness (QED) is 0.871. The summed E-state index contributed by atoms with van der Waals surface area (Å²) in [7, 11) is 0. The molecule has 5 nitrogen and oxygen atoms in total. The molecule has 1 aliphatic rings. The number of benzene rings is 1. The highest BCUT2D eigenvalue weighted by Gasteiger charge is 2.50. The van der Waals surface area contributed by atoms with Crippen molar-refractivity contribution in [1.82, 2.24) is 10.2 Å². The largest absolute Gasteiger partial charge is 0.325 e. The summed E-state index contributed by atoms with van der Waals surface area (Å²) in [5.74, 6) is -0.790. The molecule has 0 bridgehead atoms. The van der Waals surface area contributed by atoms with Crippen LogP contribution in [-0.4, -0.2) is 29.2 Å². The number of carbonyl (C=O) groups excluding carboxylic acids is 3. The molecule has 1 N–H and O–H groups in total. The first-order valence-electron chi connectivity index (χ1n) is 5.85. The molecule has 1 aromatic carbocycles. The summed E-state index contributed by atoms with van der Waals surface area (Å²) in [6.45, 7) is 2.60. The average Bonchev–Trinajstić information content (AvgIpc) is 2.53. The molecule has 1 aliphatic heterocycles. The van der Waals surface area contributed by atoms with Crippen molar-refractivity contribution in [2.75, 3.05) is 6.54 Å². The van der Waals surface area contributed by atoms with Crippen LogP contribution in [-0.2, 0) is 15.1 Å². The summed E-state index contributed by atoms with van der Waals surface area (Å²) in [5, 5.41) is 3.28. The summed E-state index contributed by atoms with van der Waals surface area (Å²) in [6, 6.07) is 4.05. The lowest BCUT2D eigenvalue weighted by molar-refractivity contribution is -0.133. The molecular formula is C13H12Cl2N2O3. The van der Waals surface area contributed by atoms with Gasteiger partial charge in [0.2, 0.25) is 0 Å². The van der Waals surface area contributed by atoms with E-state index < -0.39 is 17.5 Å². The second kappa shape index (κ2) is 5.07. The zero-order valence-electron chi connectivity index (χ0n) is 10.9. The lowest BCUT2D eigenvalue weighted by Crippen LogP contribution is -2.41. The third-order valence-corrected chi connectivity index (χ3v) is 3.67. The van der Waals surface area contributed by atoms with E-state index >= 15 is 0 Å². The van der Waals surface area contributed by atoms with E-state index in [1.165, 1.54) is 13.0 Å². The third kappa shape index (κ3) is 2.39. The Hall–Kier alpha value is -1.59. The average molecular weight is 315 g/mol. The second-order valence-electron chi connectivity index (χ2n) is 4.77. The van der Waals surface area contributed by atoms with Crippen LogP contribution in [0.5, 0.6) is 0 Å². The van der Waals surface area contributed by atoms with Crippen LogP contribution in [0.15, 0.2) is 18.2 Å². The third-order valence-electron chi connectivity index (χ3n) is 3.13. The maximum atomic E-state index is 12.4. The van der Waals surface area contributed by atoms with Gasteiger partial charge < -0.3 is 5.32 Å². The number of nitrogens with zero attached hydrogens (tertiary/aromatic N) is 1. The van der Waals surface area contributed by atoms with Crippen molar-refractivity contribution >= 4 is 40.9 Å². The molecule has 106 valence electrons. The van der Waals surface area contributed by atoms with Gasteiger partial charge in [0.15, 0.2) is 0 Å². The number of carbonyl (C=O) groups is 3. The van der Waals surface area contributed by atoms with Crippen LogP contribution in [0, 0.1) is 0 Å². The zero-order valence-corrected chi connectivity index (χ0v) is 12.4. The molecule has 2 rings (SSSR count). The van der Waals surface area contributed by atoms with Crippen LogP contribution in [0.4, 0.5) is 4.79 Å². The van der Waals surface area contributed by atoms with Crippen molar-refractivity contribution in [2.45, 2.75) is 19.4 Å². The Morgan fingerprint density at radius 1 is 1.35 bits per heavy atom. The van der Waals surface area contributed by atoms with E-state index in [9.17, 15) is 14.4 Å². The van der Waals surface area contributed by atoms with Crippen molar-refractivity contribution < 1.29 is 14.4 Å². The molecular weight excluding hydrogens is 303 g/mol. The van der Waals surface area contributed by atoms with Gasteiger partial charge in [-0.05, 0) is 26.0 Å². The zero-order chi connectivity index (χ0) is 15.1. The number of amides is 3. The molecule has 1 unspecified atom stereocenters. The number of urea groups is 1. The van der Waals surface area contributed by atoms with E-state index in [1.807, 2.05) is 0 Å². The molecule has 20 heavy (non-hydrogen) atoms. The Kier molecular flexibility index (Phi) is 3.75. The van der Waals surface area contributed by atoms with Crippen LogP contribution < -0.4 is 5.32 Å². The Morgan fingerprint density at radius 2 is 2.00 bits per heavy atom. The summed E-state index contributed by atoms with van der Waals surface area (Å²) < 4.78 is 0. The van der Waals surface area contributed by atoms with E-state index in [0.717, 1.165) is 4.90 Å². The van der Waals surface area contributed by atoms with Crippen LogP contribution in [0.3, 0.4) is 0 Å². The number of halogens is 2. The van der Waals surface area contributed by atoms with Crippen molar-refractivity contribution in [3.05, 3.63) is 33.8 Å². The van der Waals surface area contributed by atoms with Gasteiger partial charge in [0, 0.05) is 15.6 Å². The molecule has 7 heteroatoms.